The van der Waals surface area contributed by atoms with Gasteiger partial charge in [-0.1, -0.05) is 19.1 Å². The van der Waals surface area contributed by atoms with E-state index in [4.69, 9.17) is 0 Å². The number of aryl methyl sites for hydroxylation is 1. The normalized spacial score (nSPS) is 12.3. The van der Waals surface area contributed by atoms with Gasteiger partial charge in [0.25, 0.3) is 0 Å². The number of pyridine rings is 1. The SMILES string of the molecule is CCCNC(Cc1ccccn1)c1cc(F)ccc1C. The van der Waals surface area contributed by atoms with Crippen molar-refractivity contribution in [2.45, 2.75) is 32.7 Å². The first-order chi connectivity index (χ1) is 9.70. The van der Waals surface area contributed by atoms with Crippen LogP contribution in [0, 0.1) is 12.7 Å². The van der Waals surface area contributed by atoms with Crippen LogP contribution in [0.15, 0.2) is 42.6 Å². The highest BCUT2D eigenvalue weighted by atomic mass is 19.1. The summed E-state index contributed by atoms with van der Waals surface area (Å²) in [6.07, 6.45) is 3.61. The van der Waals surface area contributed by atoms with Crippen LogP contribution in [0.2, 0.25) is 0 Å². The molecule has 3 heteroatoms. The molecule has 0 amide bonds. The highest BCUT2D eigenvalue weighted by molar-refractivity contribution is 5.30. The summed E-state index contributed by atoms with van der Waals surface area (Å²) in [5, 5.41) is 3.50. The van der Waals surface area contributed by atoms with Crippen molar-refractivity contribution in [1.29, 1.82) is 0 Å². The molecule has 0 saturated heterocycles. The Balaban J connectivity index is 2.24. The largest absolute Gasteiger partial charge is 0.310 e. The number of nitrogens with one attached hydrogen (secondary N) is 1. The van der Waals surface area contributed by atoms with Gasteiger partial charge in [-0.15, -0.1) is 0 Å². The summed E-state index contributed by atoms with van der Waals surface area (Å²) < 4.78 is 13.5. The molecule has 2 rings (SSSR count). The fourth-order valence-corrected chi connectivity index (χ4v) is 2.33. The van der Waals surface area contributed by atoms with Crippen molar-refractivity contribution in [2.75, 3.05) is 6.54 Å². The summed E-state index contributed by atoms with van der Waals surface area (Å²) in [5.74, 6) is -0.185. The van der Waals surface area contributed by atoms with Crippen molar-refractivity contribution in [3.63, 3.8) is 0 Å². The molecule has 1 aromatic heterocycles. The predicted molar refractivity (Wildman–Crippen MR) is 80.1 cm³/mol. The van der Waals surface area contributed by atoms with Crippen molar-refractivity contribution >= 4 is 0 Å². The lowest BCUT2D eigenvalue weighted by molar-refractivity contribution is 0.517. The fraction of sp³-hybridized carbons (Fsp3) is 0.353. The van der Waals surface area contributed by atoms with Crippen LogP contribution in [0.1, 0.15) is 36.2 Å². The number of halogens is 1. The van der Waals surface area contributed by atoms with Gasteiger partial charge in [0.15, 0.2) is 0 Å². The molecule has 0 saturated carbocycles. The van der Waals surface area contributed by atoms with Crippen molar-refractivity contribution in [3.8, 4) is 0 Å². The third-order valence-corrected chi connectivity index (χ3v) is 3.40. The van der Waals surface area contributed by atoms with Crippen LogP contribution in [0.25, 0.3) is 0 Å². The molecular weight excluding hydrogens is 251 g/mol. The molecule has 0 spiro atoms. The Kier molecular flexibility index (Phi) is 5.24. The van der Waals surface area contributed by atoms with E-state index in [1.165, 1.54) is 6.07 Å². The summed E-state index contributed by atoms with van der Waals surface area (Å²) in [6.45, 7) is 5.06. The first kappa shape index (κ1) is 14.7. The van der Waals surface area contributed by atoms with Crippen molar-refractivity contribution in [1.82, 2.24) is 10.3 Å². The number of hydrogen-bond donors (Lipinski definition) is 1. The zero-order valence-electron chi connectivity index (χ0n) is 12.1. The van der Waals surface area contributed by atoms with Gasteiger partial charge >= 0.3 is 0 Å². The molecular formula is C17H21FN2. The molecule has 1 unspecified atom stereocenters. The zero-order valence-corrected chi connectivity index (χ0v) is 12.1. The minimum Gasteiger partial charge on any atom is -0.310 e. The van der Waals surface area contributed by atoms with E-state index in [2.05, 4.69) is 17.2 Å². The average molecular weight is 272 g/mol. The lowest BCUT2D eigenvalue weighted by Crippen LogP contribution is -2.25. The Bertz CT molecular complexity index is 540. The molecule has 2 aromatic rings. The maximum Gasteiger partial charge on any atom is 0.123 e. The first-order valence-corrected chi connectivity index (χ1v) is 7.10. The second-order valence-electron chi connectivity index (χ2n) is 5.03. The maximum atomic E-state index is 13.5. The lowest BCUT2D eigenvalue weighted by Gasteiger charge is -2.21. The van der Waals surface area contributed by atoms with E-state index in [9.17, 15) is 4.39 Å². The monoisotopic (exact) mass is 272 g/mol. The van der Waals surface area contributed by atoms with E-state index >= 15 is 0 Å². The second kappa shape index (κ2) is 7.15. The summed E-state index contributed by atoms with van der Waals surface area (Å²) in [7, 11) is 0. The van der Waals surface area contributed by atoms with Crippen molar-refractivity contribution in [3.05, 3.63) is 65.2 Å². The van der Waals surface area contributed by atoms with E-state index in [0.717, 1.165) is 36.2 Å². The van der Waals surface area contributed by atoms with Gasteiger partial charge in [0.1, 0.15) is 5.82 Å². The van der Waals surface area contributed by atoms with E-state index in [-0.39, 0.29) is 11.9 Å². The summed E-state index contributed by atoms with van der Waals surface area (Å²) in [4.78, 5) is 4.37. The van der Waals surface area contributed by atoms with Gasteiger partial charge in [0.05, 0.1) is 0 Å². The van der Waals surface area contributed by atoms with Crippen LogP contribution >= 0.6 is 0 Å². The van der Waals surface area contributed by atoms with Crippen LogP contribution in [0.4, 0.5) is 4.39 Å². The van der Waals surface area contributed by atoms with Crippen LogP contribution in [-0.2, 0) is 6.42 Å². The summed E-state index contributed by atoms with van der Waals surface area (Å²) in [5.41, 5.74) is 3.14. The Morgan fingerprint density at radius 3 is 2.80 bits per heavy atom. The van der Waals surface area contributed by atoms with E-state index in [1.54, 1.807) is 12.3 Å². The van der Waals surface area contributed by atoms with Gasteiger partial charge in [0, 0.05) is 24.4 Å². The minimum atomic E-state index is -0.185. The Morgan fingerprint density at radius 2 is 2.10 bits per heavy atom. The summed E-state index contributed by atoms with van der Waals surface area (Å²) >= 11 is 0. The van der Waals surface area contributed by atoms with Crippen LogP contribution < -0.4 is 5.32 Å². The zero-order chi connectivity index (χ0) is 14.4. The molecule has 106 valence electrons. The Hall–Kier alpha value is -1.74. The van der Waals surface area contributed by atoms with Crippen molar-refractivity contribution < 1.29 is 4.39 Å². The van der Waals surface area contributed by atoms with Gasteiger partial charge < -0.3 is 5.32 Å². The number of nitrogens with zero attached hydrogens (tertiary/aromatic N) is 1. The van der Waals surface area contributed by atoms with Crippen LogP contribution in [-0.4, -0.2) is 11.5 Å². The molecule has 1 heterocycles. The third kappa shape index (κ3) is 3.87. The number of hydrogen-bond acceptors (Lipinski definition) is 2. The fourth-order valence-electron chi connectivity index (χ4n) is 2.33. The molecule has 0 aliphatic carbocycles. The van der Waals surface area contributed by atoms with Gasteiger partial charge in [-0.2, -0.15) is 0 Å². The highest BCUT2D eigenvalue weighted by Gasteiger charge is 2.15. The molecule has 0 radical (unpaired) electrons. The van der Waals surface area contributed by atoms with Gasteiger partial charge in [-0.3, -0.25) is 4.98 Å². The first-order valence-electron chi connectivity index (χ1n) is 7.10. The third-order valence-electron chi connectivity index (χ3n) is 3.40. The lowest BCUT2D eigenvalue weighted by atomic mass is 9.97. The standard InChI is InChI=1S/C17H21FN2/c1-3-9-20-17(12-15-6-4-5-10-19-15)16-11-14(18)8-7-13(16)2/h4-8,10-11,17,20H,3,9,12H2,1-2H3. The Morgan fingerprint density at radius 1 is 1.25 bits per heavy atom. The second-order valence-corrected chi connectivity index (χ2v) is 5.03. The van der Waals surface area contributed by atoms with Gasteiger partial charge in [-0.25, -0.2) is 4.39 Å². The van der Waals surface area contributed by atoms with Gasteiger partial charge in [0.2, 0.25) is 0 Å². The predicted octanol–water partition coefficient (Wildman–Crippen LogP) is 3.81. The smallest absolute Gasteiger partial charge is 0.123 e. The molecule has 20 heavy (non-hydrogen) atoms. The molecule has 1 N–H and O–H groups in total. The van der Waals surface area contributed by atoms with E-state index in [1.807, 2.05) is 31.2 Å². The number of rotatable bonds is 6. The quantitative estimate of drug-likeness (QED) is 0.865. The van der Waals surface area contributed by atoms with E-state index < -0.39 is 0 Å². The highest BCUT2D eigenvalue weighted by Crippen LogP contribution is 2.22. The number of benzene rings is 1. The number of aromatic nitrogens is 1. The molecule has 1 atom stereocenters. The molecule has 0 aliphatic rings. The Labute approximate surface area is 120 Å². The topological polar surface area (TPSA) is 24.9 Å². The van der Waals surface area contributed by atoms with E-state index in [0.29, 0.717) is 0 Å². The molecule has 0 fully saturated rings. The molecule has 0 aliphatic heterocycles. The van der Waals surface area contributed by atoms with Gasteiger partial charge in [-0.05, 0) is 55.3 Å². The average Bonchev–Trinajstić information content (AvgIpc) is 2.47. The molecule has 0 bridgehead atoms. The van der Waals surface area contributed by atoms with Crippen molar-refractivity contribution in [2.24, 2.45) is 0 Å². The minimum absolute atomic E-state index is 0.0977. The molecule has 1 aromatic carbocycles. The maximum absolute atomic E-state index is 13.5. The van der Waals surface area contributed by atoms with Crippen LogP contribution in [0.5, 0.6) is 0 Å². The summed E-state index contributed by atoms with van der Waals surface area (Å²) in [6, 6.07) is 11.0. The van der Waals surface area contributed by atoms with Crippen LogP contribution in [0.3, 0.4) is 0 Å². The molecule has 2 nitrogen and oxygen atoms in total.